The molecule has 1 aliphatic carbocycles. The SMILES string of the molecule is C=CCC1=CC=CC1C(=O)OCC. The zero-order valence-corrected chi connectivity index (χ0v) is 7.82. The number of carbonyl (C=O) groups excluding carboxylic acids is 1. The Morgan fingerprint density at radius 1 is 1.77 bits per heavy atom. The Balaban J connectivity index is 2.59. The van der Waals surface area contributed by atoms with Crippen LogP contribution in [0.2, 0.25) is 0 Å². The highest BCUT2D eigenvalue weighted by Gasteiger charge is 2.22. The molecule has 0 aliphatic heterocycles. The molecule has 0 fully saturated rings. The molecular formula is C11H14O2. The van der Waals surface area contributed by atoms with Crippen molar-refractivity contribution in [3.05, 3.63) is 36.5 Å². The van der Waals surface area contributed by atoms with Gasteiger partial charge in [0.2, 0.25) is 0 Å². The molecule has 2 heteroatoms. The minimum atomic E-state index is -0.182. The third-order valence-corrected chi connectivity index (χ3v) is 1.93. The molecule has 0 saturated carbocycles. The Morgan fingerprint density at radius 2 is 2.54 bits per heavy atom. The van der Waals surface area contributed by atoms with E-state index in [1.807, 2.05) is 25.2 Å². The fourth-order valence-electron chi connectivity index (χ4n) is 1.34. The highest BCUT2D eigenvalue weighted by Crippen LogP contribution is 2.23. The van der Waals surface area contributed by atoms with Crippen molar-refractivity contribution < 1.29 is 9.53 Å². The molecule has 0 spiro atoms. The number of carbonyl (C=O) groups is 1. The molecular weight excluding hydrogens is 164 g/mol. The van der Waals surface area contributed by atoms with Gasteiger partial charge in [0.1, 0.15) is 0 Å². The van der Waals surface area contributed by atoms with Crippen LogP contribution in [0.4, 0.5) is 0 Å². The topological polar surface area (TPSA) is 26.3 Å². The molecule has 70 valence electrons. The van der Waals surface area contributed by atoms with Gasteiger partial charge < -0.3 is 4.74 Å². The van der Waals surface area contributed by atoms with Crippen LogP contribution in [-0.4, -0.2) is 12.6 Å². The van der Waals surface area contributed by atoms with Crippen LogP contribution >= 0.6 is 0 Å². The highest BCUT2D eigenvalue weighted by atomic mass is 16.5. The second-order valence-corrected chi connectivity index (χ2v) is 2.85. The molecule has 0 aromatic heterocycles. The summed E-state index contributed by atoms with van der Waals surface area (Å²) >= 11 is 0. The summed E-state index contributed by atoms with van der Waals surface area (Å²) in [5.74, 6) is -0.345. The van der Waals surface area contributed by atoms with E-state index in [-0.39, 0.29) is 11.9 Å². The van der Waals surface area contributed by atoms with E-state index in [0.29, 0.717) is 6.61 Å². The molecule has 0 amide bonds. The lowest BCUT2D eigenvalue weighted by Gasteiger charge is -2.10. The molecule has 1 unspecified atom stereocenters. The summed E-state index contributed by atoms with van der Waals surface area (Å²) in [5, 5.41) is 0. The molecule has 1 aliphatic rings. The number of allylic oxidation sites excluding steroid dienone is 3. The summed E-state index contributed by atoms with van der Waals surface area (Å²) in [5.41, 5.74) is 1.06. The van der Waals surface area contributed by atoms with Gasteiger partial charge in [0, 0.05) is 0 Å². The fourth-order valence-corrected chi connectivity index (χ4v) is 1.34. The van der Waals surface area contributed by atoms with Gasteiger partial charge in [0.05, 0.1) is 12.5 Å². The molecule has 0 bridgehead atoms. The van der Waals surface area contributed by atoms with E-state index in [1.165, 1.54) is 0 Å². The second-order valence-electron chi connectivity index (χ2n) is 2.85. The molecule has 0 saturated heterocycles. The van der Waals surface area contributed by atoms with E-state index in [0.717, 1.165) is 12.0 Å². The summed E-state index contributed by atoms with van der Waals surface area (Å²) in [6, 6.07) is 0. The number of ether oxygens (including phenoxy) is 1. The molecule has 0 radical (unpaired) electrons. The quantitative estimate of drug-likeness (QED) is 0.487. The first-order valence-corrected chi connectivity index (χ1v) is 4.44. The Bertz CT molecular complexity index is 261. The zero-order chi connectivity index (χ0) is 9.68. The van der Waals surface area contributed by atoms with E-state index >= 15 is 0 Å². The van der Waals surface area contributed by atoms with E-state index in [9.17, 15) is 4.79 Å². The molecule has 2 nitrogen and oxygen atoms in total. The predicted molar refractivity (Wildman–Crippen MR) is 52.2 cm³/mol. The zero-order valence-electron chi connectivity index (χ0n) is 7.82. The minimum Gasteiger partial charge on any atom is -0.465 e. The maximum absolute atomic E-state index is 11.4. The van der Waals surface area contributed by atoms with Crippen LogP contribution in [-0.2, 0) is 9.53 Å². The lowest BCUT2D eigenvalue weighted by Crippen LogP contribution is -2.16. The molecule has 0 N–H and O–H groups in total. The standard InChI is InChI=1S/C11H14O2/c1-3-6-9-7-5-8-10(9)11(12)13-4-2/h3,5,7-8,10H,1,4,6H2,2H3. The molecule has 1 rings (SSSR count). The summed E-state index contributed by atoms with van der Waals surface area (Å²) in [6.45, 7) is 5.89. The van der Waals surface area contributed by atoms with Crippen LogP contribution in [0.1, 0.15) is 13.3 Å². The van der Waals surface area contributed by atoms with Crippen LogP contribution in [0.3, 0.4) is 0 Å². The van der Waals surface area contributed by atoms with Crippen molar-refractivity contribution in [2.75, 3.05) is 6.61 Å². The van der Waals surface area contributed by atoms with Crippen molar-refractivity contribution in [1.82, 2.24) is 0 Å². The van der Waals surface area contributed by atoms with Gasteiger partial charge in [-0.15, -0.1) is 6.58 Å². The second kappa shape index (κ2) is 4.65. The van der Waals surface area contributed by atoms with E-state index < -0.39 is 0 Å². The summed E-state index contributed by atoms with van der Waals surface area (Å²) in [7, 11) is 0. The number of hydrogen-bond acceptors (Lipinski definition) is 2. The third kappa shape index (κ3) is 2.31. The highest BCUT2D eigenvalue weighted by molar-refractivity contribution is 5.79. The molecule has 0 aromatic carbocycles. The van der Waals surface area contributed by atoms with Gasteiger partial charge in [-0.2, -0.15) is 0 Å². The first-order chi connectivity index (χ1) is 6.29. The van der Waals surface area contributed by atoms with Gasteiger partial charge in [-0.25, -0.2) is 0 Å². The van der Waals surface area contributed by atoms with Gasteiger partial charge in [-0.05, 0) is 18.9 Å². The first kappa shape index (κ1) is 9.78. The van der Waals surface area contributed by atoms with Gasteiger partial charge >= 0.3 is 5.97 Å². The normalized spacial score (nSPS) is 19.8. The first-order valence-electron chi connectivity index (χ1n) is 4.44. The fraction of sp³-hybridized carbons (Fsp3) is 0.364. The number of hydrogen-bond donors (Lipinski definition) is 0. The van der Waals surface area contributed by atoms with E-state index in [4.69, 9.17) is 4.74 Å². The van der Waals surface area contributed by atoms with Crippen molar-refractivity contribution in [2.45, 2.75) is 13.3 Å². The Kier molecular flexibility index (Phi) is 3.50. The smallest absolute Gasteiger partial charge is 0.316 e. The van der Waals surface area contributed by atoms with Crippen LogP contribution in [0.15, 0.2) is 36.5 Å². The van der Waals surface area contributed by atoms with E-state index in [1.54, 1.807) is 6.08 Å². The maximum Gasteiger partial charge on any atom is 0.316 e. The predicted octanol–water partition coefficient (Wildman–Crippen LogP) is 2.24. The summed E-state index contributed by atoms with van der Waals surface area (Å²) < 4.78 is 4.94. The van der Waals surface area contributed by atoms with Crippen LogP contribution in [0.25, 0.3) is 0 Å². The van der Waals surface area contributed by atoms with Gasteiger partial charge in [0.25, 0.3) is 0 Å². The monoisotopic (exact) mass is 178 g/mol. The average Bonchev–Trinajstić information content (AvgIpc) is 2.54. The van der Waals surface area contributed by atoms with Crippen molar-refractivity contribution in [3.8, 4) is 0 Å². The third-order valence-electron chi connectivity index (χ3n) is 1.93. The number of rotatable bonds is 4. The van der Waals surface area contributed by atoms with Crippen molar-refractivity contribution >= 4 is 5.97 Å². The molecule has 1 atom stereocenters. The Morgan fingerprint density at radius 3 is 3.15 bits per heavy atom. The molecule has 13 heavy (non-hydrogen) atoms. The van der Waals surface area contributed by atoms with Gasteiger partial charge in [0.15, 0.2) is 0 Å². The molecule has 0 heterocycles. The van der Waals surface area contributed by atoms with E-state index in [2.05, 4.69) is 6.58 Å². The van der Waals surface area contributed by atoms with Crippen LogP contribution < -0.4 is 0 Å². The van der Waals surface area contributed by atoms with Crippen molar-refractivity contribution in [1.29, 1.82) is 0 Å². The Labute approximate surface area is 78.6 Å². The average molecular weight is 178 g/mol. The van der Waals surface area contributed by atoms with Crippen LogP contribution in [0.5, 0.6) is 0 Å². The minimum absolute atomic E-state index is 0.163. The van der Waals surface area contributed by atoms with Crippen molar-refractivity contribution in [2.24, 2.45) is 5.92 Å². The van der Waals surface area contributed by atoms with Crippen molar-refractivity contribution in [3.63, 3.8) is 0 Å². The van der Waals surface area contributed by atoms with Gasteiger partial charge in [-0.1, -0.05) is 24.3 Å². The van der Waals surface area contributed by atoms with Gasteiger partial charge in [-0.3, -0.25) is 4.79 Å². The summed E-state index contributed by atoms with van der Waals surface area (Å²) in [4.78, 5) is 11.4. The van der Waals surface area contributed by atoms with Crippen LogP contribution in [0, 0.1) is 5.92 Å². The maximum atomic E-state index is 11.4. The Hall–Kier alpha value is -1.31. The molecule has 0 aromatic rings. The largest absolute Gasteiger partial charge is 0.465 e. The number of esters is 1. The summed E-state index contributed by atoms with van der Waals surface area (Å²) in [6.07, 6.45) is 8.24. The lowest BCUT2D eigenvalue weighted by atomic mass is 10.0. The lowest BCUT2D eigenvalue weighted by molar-refractivity contribution is -0.145.